The Balaban J connectivity index is 1.54. The molecule has 7 heteroatoms. The summed E-state index contributed by atoms with van der Waals surface area (Å²) in [5.41, 5.74) is 0.968. The Labute approximate surface area is 165 Å². The van der Waals surface area contributed by atoms with Crippen molar-refractivity contribution in [2.75, 3.05) is 0 Å². The summed E-state index contributed by atoms with van der Waals surface area (Å²) in [6.07, 6.45) is -0.858. The van der Waals surface area contributed by atoms with Gasteiger partial charge in [0.15, 0.2) is 0 Å². The molecular weight excluding hydrogens is 383 g/mol. The van der Waals surface area contributed by atoms with Gasteiger partial charge in [0.1, 0.15) is 18.1 Å². The lowest BCUT2D eigenvalue weighted by molar-refractivity contribution is -0.138. The summed E-state index contributed by atoms with van der Waals surface area (Å²) >= 11 is 0. The van der Waals surface area contributed by atoms with E-state index in [0.29, 0.717) is 27.8 Å². The lowest BCUT2D eigenvalue weighted by Crippen LogP contribution is -2.12. The largest absolute Gasteiger partial charge is 0.489 e. The van der Waals surface area contributed by atoms with E-state index in [2.05, 4.69) is 4.98 Å². The molecule has 0 radical (unpaired) electrons. The minimum Gasteiger partial charge on any atom is -0.489 e. The molecule has 29 heavy (non-hydrogen) atoms. The summed E-state index contributed by atoms with van der Waals surface area (Å²) < 4.78 is 46.5. The highest BCUT2D eigenvalue weighted by atomic mass is 19.4. The lowest BCUT2D eigenvalue weighted by atomic mass is 9.91. The van der Waals surface area contributed by atoms with Crippen molar-refractivity contribution < 1.29 is 27.8 Å². The number of hydrogen-bond donors (Lipinski definition) is 2. The van der Waals surface area contributed by atoms with Gasteiger partial charge in [-0.25, -0.2) is 4.79 Å². The molecule has 1 aliphatic carbocycles. The fourth-order valence-electron chi connectivity index (χ4n) is 4.01. The van der Waals surface area contributed by atoms with Crippen LogP contribution in [0.3, 0.4) is 0 Å². The van der Waals surface area contributed by atoms with Gasteiger partial charge in [0.25, 0.3) is 0 Å². The van der Waals surface area contributed by atoms with Gasteiger partial charge >= 0.3 is 12.1 Å². The second-order valence-corrected chi connectivity index (χ2v) is 7.43. The van der Waals surface area contributed by atoms with E-state index in [-0.39, 0.29) is 18.2 Å². The second-order valence-electron chi connectivity index (χ2n) is 7.43. The van der Waals surface area contributed by atoms with Gasteiger partial charge in [-0.2, -0.15) is 13.2 Å². The molecule has 0 atom stereocenters. The van der Waals surface area contributed by atoms with Crippen LogP contribution in [0.2, 0.25) is 0 Å². The van der Waals surface area contributed by atoms with Crippen molar-refractivity contribution in [3.05, 3.63) is 64.8 Å². The first-order valence-corrected chi connectivity index (χ1v) is 9.50. The number of rotatable bonds is 5. The number of aromatic amines is 1. The number of alkyl halides is 3. The summed E-state index contributed by atoms with van der Waals surface area (Å²) in [4.78, 5) is 13.8. The maximum Gasteiger partial charge on any atom is 0.416 e. The number of fused-ring (bicyclic) bond motifs is 1. The number of nitrogens with one attached hydrogen (secondary N) is 1. The molecule has 1 aliphatic rings. The molecule has 4 rings (SSSR count). The van der Waals surface area contributed by atoms with Crippen molar-refractivity contribution in [1.29, 1.82) is 0 Å². The SMILES string of the molecule is O=C(O)c1cc2cc(OCc3ccc(C4CCCC4)c(C(F)(F)F)c3)ccc2[nH]1. The third kappa shape index (κ3) is 4.09. The fraction of sp³-hybridized carbons (Fsp3) is 0.318. The van der Waals surface area contributed by atoms with Gasteiger partial charge in [0.2, 0.25) is 0 Å². The summed E-state index contributed by atoms with van der Waals surface area (Å²) in [5, 5.41) is 9.71. The van der Waals surface area contributed by atoms with Crippen LogP contribution in [0.25, 0.3) is 10.9 Å². The van der Waals surface area contributed by atoms with Gasteiger partial charge in [-0.3, -0.25) is 0 Å². The smallest absolute Gasteiger partial charge is 0.416 e. The van der Waals surface area contributed by atoms with Gasteiger partial charge < -0.3 is 14.8 Å². The zero-order valence-electron chi connectivity index (χ0n) is 15.6. The van der Waals surface area contributed by atoms with Crippen molar-refractivity contribution >= 4 is 16.9 Å². The monoisotopic (exact) mass is 403 g/mol. The molecular formula is C22H20F3NO3. The maximum absolute atomic E-state index is 13.6. The molecule has 1 saturated carbocycles. The number of H-pyrrole nitrogens is 1. The van der Waals surface area contributed by atoms with E-state index < -0.39 is 17.7 Å². The van der Waals surface area contributed by atoms with E-state index in [1.807, 2.05) is 0 Å². The number of carboxylic acid groups (broad SMARTS) is 1. The highest BCUT2D eigenvalue weighted by Crippen LogP contribution is 2.42. The lowest BCUT2D eigenvalue weighted by Gasteiger charge is -2.19. The second kappa shape index (κ2) is 7.46. The minimum absolute atomic E-state index is 0.00422. The van der Waals surface area contributed by atoms with Gasteiger partial charge in [0.05, 0.1) is 5.56 Å². The molecule has 1 aromatic heterocycles. The first kappa shape index (κ1) is 19.4. The van der Waals surface area contributed by atoms with Gasteiger partial charge in [-0.1, -0.05) is 25.0 Å². The quantitative estimate of drug-likeness (QED) is 0.539. The number of carbonyl (C=O) groups is 1. The first-order chi connectivity index (χ1) is 13.8. The first-order valence-electron chi connectivity index (χ1n) is 9.50. The Hall–Kier alpha value is -2.96. The molecule has 4 nitrogen and oxygen atoms in total. The topological polar surface area (TPSA) is 62.3 Å². The predicted molar refractivity (Wildman–Crippen MR) is 102 cm³/mol. The van der Waals surface area contributed by atoms with Crippen LogP contribution in [0.5, 0.6) is 5.75 Å². The molecule has 0 spiro atoms. The number of ether oxygens (including phenoxy) is 1. The van der Waals surface area contributed by atoms with Gasteiger partial charge in [0, 0.05) is 10.9 Å². The summed E-state index contributed by atoms with van der Waals surface area (Å²) in [5.74, 6) is -0.631. The molecule has 1 heterocycles. The number of aromatic nitrogens is 1. The van der Waals surface area contributed by atoms with E-state index in [1.165, 1.54) is 12.1 Å². The van der Waals surface area contributed by atoms with E-state index in [9.17, 15) is 18.0 Å². The van der Waals surface area contributed by atoms with Crippen LogP contribution in [0, 0.1) is 0 Å². The van der Waals surface area contributed by atoms with Crippen molar-refractivity contribution in [2.45, 2.75) is 44.4 Å². The fourth-order valence-corrected chi connectivity index (χ4v) is 4.01. The number of hydrogen-bond acceptors (Lipinski definition) is 2. The third-order valence-corrected chi connectivity index (χ3v) is 5.45. The van der Waals surface area contributed by atoms with Gasteiger partial charge in [-0.05, 0) is 60.2 Å². The highest BCUT2D eigenvalue weighted by Gasteiger charge is 2.36. The van der Waals surface area contributed by atoms with E-state index in [1.54, 1.807) is 30.3 Å². The van der Waals surface area contributed by atoms with Crippen LogP contribution in [0.15, 0.2) is 42.5 Å². The van der Waals surface area contributed by atoms with E-state index >= 15 is 0 Å². The molecule has 0 aliphatic heterocycles. The number of carboxylic acids is 1. The van der Waals surface area contributed by atoms with E-state index in [4.69, 9.17) is 9.84 Å². The van der Waals surface area contributed by atoms with Crippen LogP contribution < -0.4 is 4.74 Å². The Kier molecular flexibility index (Phi) is 4.98. The van der Waals surface area contributed by atoms with Crippen LogP contribution in [-0.2, 0) is 12.8 Å². The molecule has 2 aromatic carbocycles. The van der Waals surface area contributed by atoms with Crippen LogP contribution in [-0.4, -0.2) is 16.1 Å². The maximum atomic E-state index is 13.6. The molecule has 3 aromatic rings. The molecule has 152 valence electrons. The van der Waals surface area contributed by atoms with Gasteiger partial charge in [-0.15, -0.1) is 0 Å². The number of benzene rings is 2. The van der Waals surface area contributed by atoms with Crippen molar-refractivity contribution in [3.8, 4) is 5.75 Å². The summed E-state index contributed by atoms with van der Waals surface area (Å²) in [6.45, 7) is -0.00422. The molecule has 0 amide bonds. The van der Waals surface area contributed by atoms with E-state index in [0.717, 1.165) is 25.7 Å². The number of aromatic carboxylic acids is 1. The Bertz CT molecular complexity index is 1050. The van der Waals surface area contributed by atoms with Crippen LogP contribution in [0.1, 0.15) is 58.8 Å². The normalized spacial score (nSPS) is 15.1. The predicted octanol–water partition coefficient (Wildman–Crippen LogP) is 6.12. The molecule has 0 unspecified atom stereocenters. The molecule has 2 N–H and O–H groups in total. The van der Waals surface area contributed by atoms with Crippen LogP contribution >= 0.6 is 0 Å². The summed E-state index contributed by atoms with van der Waals surface area (Å²) in [6, 6.07) is 11.0. The molecule has 0 saturated heterocycles. The highest BCUT2D eigenvalue weighted by molar-refractivity contribution is 5.94. The third-order valence-electron chi connectivity index (χ3n) is 5.45. The Morgan fingerprint density at radius 3 is 2.55 bits per heavy atom. The Morgan fingerprint density at radius 1 is 1.10 bits per heavy atom. The molecule has 1 fully saturated rings. The molecule has 0 bridgehead atoms. The zero-order chi connectivity index (χ0) is 20.6. The number of halogens is 3. The van der Waals surface area contributed by atoms with Crippen molar-refractivity contribution in [1.82, 2.24) is 4.98 Å². The Morgan fingerprint density at radius 2 is 1.86 bits per heavy atom. The zero-order valence-corrected chi connectivity index (χ0v) is 15.6. The average molecular weight is 403 g/mol. The minimum atomic E-state index is -4.40. The van der Waals surface area contributed by atoms with Crippen molar-refractivity contribution in [2.24, 2.45) is 0 Å². The average Bonchev–Trinajstić information content (AvgIpc) is 3.35. The van der Waals surface area contributed by atoms with Crippen LogP contribution in [0.4, 0.5) is 13.2 Å². The van der Waals surface area contributed by atoms with Crippen molar-refractivity contribution in [3.63, 3.8) is 0 Å². The standard InChI is InChI=1S/C22H20F3NO3/c23-22(24,25)18-9-13(5-7-17(18)14-3-1-2-4-14)12-29-16-6-8-19-15(10-16)11-20(26-19)21(27)28/h5-11,14,26H,1-4,12H2,(H,27,28). The summed E-state index contributed by atoms with van der Waals surface area (Å²) in [7, 11) is 0.